The van der Waals surface area contributed by atoms with Crippen LogP contribution in [0.15, 0.2) is 14.3 Å². The minimum absolute atomic E-state index is 0.104. The van der Waals surface area contributed by atoms with Crippen LogP contribution in [0.5, 0.6) is 0 Å². The molecule has 0 saturated heterocycles. The van der Waals surface area contributed by atoms with Crippen LogP contribution in [0, 0.1) is 0 Å². The maximum absolute atomic E-state index is 10.7. The molecule has 2 aromatic rings. The molecule has 0 saturated carbocycles. The number of carboxylic acids is 1. The highest BCUT2D eigenvalue weighted by atomic mass is 79.9. The number of aliphatic carboxylic acids is 1. The van der Waals surface area contributed by atoms with Crippen LogP contribution in [0.2, 0.25) is 0 Å². The van der Waals surface area contributed by atoms with Gasteiger partial charge >= 0.3 is 5.97 Å². The first kappa shape index (κ1) is 15.5. The number of hydrogen-bond acceptors (Lipinski definition) is 6. The smallest absolute Gasteiger partial charge is 0.306 e. The molecular weight excluding hydrogens is 416 g/mol. The van der Waals surface area contributed by atoms with E-state index < -0.39 is 12.1 Å². The third kappa shape index (κ3) is 3.62. The van der Waals surface area contributed by atoms with Crippen molar-refractivity contribution in [1.29, 1.82) is 0 Å². The quantitative estimate of drug-likeness (QED) is 0.764. The van der Waals surface area contributed by atoms with Gasteiger partial charge in [-0.15, -0.1) is 16.4 Å². The van der Waals surface area contributed by atoms with E-state index in [4.69, 9.17) is 9.84 Å². The van der Waals surface area contributed by atoms with E-state index in [-0.39, 0.29) is 13.0 Å². The Morgan fingerprint density at radius 1 is 1.60 bits per heavy atom. The summed E-state index contributed by atoms with van der Waals surface area (Å²) >= 11 is 8.31. The van der Waals surface area contributed by atoms with Gasteiger partial charge < -0.3 is 9.84 Å². The maximum Gasteiger partial charge on any atom is 0.306 e. The first-order valence-corrected chi connectivity index (χ1v) is 7.87. The predicted molar refractivity (Wildman–Crippen MR) is 79.6 cm³/mol. The molecule has 2 heterocycles. The van der Waals surface area contributed by atoms with Crippen molar-refractivity contribution in [3.05, 3.63) is 14.3 Å². The van der Waals surface area contributed by atoms with E-state index in [0.29, 0.717) is 5.82 Å². The van der Waals surface area contributed by atoms with Crippen molar-refractivity contribution in [2.75, 3.05) is 7.11 Å². The minimum Gasteiger partial charge on any atom is -0.481 e. The van der Waals surface area contributed by atoms with Crippen molar-refractivity contribution in [3.63, 3.8) is 0 Å². The Labute approximate surface area is 135 Å². The minimum atomic E-state index is -0.923. The summed E-state index contributed by atoms with van der Waals surface area (Å²) in [6.07, 6.45) is -0.588. The molecule has 2 aromatic heterocycles. The normalized spacial score (nSPS) is 12.6. The zero-order chi connectivity index (χ0) is 14.7. The zero-order valence-electron chi connectivity index (χ0n) is 10.3. The average Bonchev–Trinajstić information content (AvgIpc) is 2.96. The number of carboxylic acid groups (broad SMARTS) is 1. The lowest BCUT2D eigenvalue weighted by Crippen LogP contribution is -2.23. The molecule has 108 valence electrons. The van der Waals surface area contributed by atoms with Crippen molar-refractivity contribution in [3.8, 4) is 10.7 Å². The average molecular weight is 426 g/mol. The molecule has 2 rings (SSSR count). The van der Waals surface area contributed by atoms with Crippen LogP contribution in [0.1, 0.15) is 6.42 Å². The fourth-order valence-corrected chi connectivity index (χ4v) is 3.60. The second kappa shape index (κ2) is 6.74. The van der Waals surface area contributed by atoms with Gasteiger partial charge in [0, 0.05) is 11.6 Å². The number of tetrazole rings is 1. The third-order valence-electron chi connectivity index (χ3n) is 2.51. The summed E-state index contributed by atoms with van der Waals surface area (Å²) in [5, 5.41) is 20.3. The summed E-state index contributed by atoms with van der Waals surface area (Å²) in [7, 11) is 1.47. The Balaban J connectivity index is 2.22. The van der Waals surface area contributed by atoms with Crippen molar-refractivity contribution >= 4 is 49.2 Å². The highest BCUT2D eigenvalue weighted by Gasteiger charge is 2.19. The van der Waals surface area contributed by atoms with Gasteiger partial charge in [-0.2, -0.15) is 0 Å². The van der Waals surface area contributed by atoms with Gasteiger partial charge in [0.2, 0.25) is 0 Å². The highest BCUT2D eigenvalue weighted by Crippen LogP contribution is 2.37. The first-order valence-electron chi connectivity index (χ1n) is 5.47. The molecule has 0 aliphatic rings. The predicted octanol–water partition coefficient (Wildman–Crippen LogP) is 2.42. The lowest BCUT2D eigenvalue weighted by Gasteiger charge is -2.13. The number of aromatic nitrogens is 4. The van der Waals surface area contributed by atoms with Gasteiger partial charge in [0.05, 0.1) is 27.7 Å². The first-order chi connectivity index (χ1) is 9.51. The van der Waals surface area contributed by atoms with Crippen molar-refractivity contribution in [2.24, 2.45) is 0 Å². The number of hydrogen-bond donors (Lipinski definition) is 1. The van der Waals surface area contributed by atoms with Crippen LogP contribution >= 0.6 is 43.2 Å². The molecule has 10 heteroatoms. The van der Waals surface area contributed by atoms with Crippen LogP contribution in [-0.4, -0.2) is 44.5 Å². The molecule has 0 radical (unpaired) electrons. The summed E-state index contributed by atoms with van der Waals surface area (Å²) < 4.78 is 8.54. The largest absolute Gasteiger partial charge is 0.481 e. The van der Waals surface area contributed by atoms with Gasteiger partial charge in [0.25, 0.3) is 0 Å². The number of thiophene rings is 1. The number of halogens is 2. The molecule has 7 nitrogen and oxygen atoms in total. The molecule has 0 bridgehead atoms. The second-order valence-corrected chi connectivity index (χ2v) is 7.10. The van der Waals surface area contributed by atoms with E-state index in [0.717, 1.165) is 13.1 Å². The van der Waals surface area contributed by atoms with Crippen LogP contribution in [-0.2, 0) is 16.1 Å². The Hall–Kier alpha value is -0.840. The molecule has 1 atom stereocenters. The van der Waals surface area contributed by atoms with E-state index >= 15 is 0 Å². The molecule has 0 spiro atoms. The Bertz CT molecular complexity index is 596. The molecule has 1 unspecified atom stereocenters. The van der Waals surface area contributed by atoms with E-state index in [1.807, 2.05) is 6.07 Å². The van der Waals surface area contributed by atoms with Crippen molar-refractivity contribution in [2.45, 2.75) is 19.1 Å². The van der Waals surface area contributed by atoms with E-state index in [1.165, 1.54) is 18.4 Å². The van der Waals surface area contributed by atoms with Gasteiger partial charge in [-0.05, 0) is 48.4 Å². The van der Waals surface area contributed by atoms with Crippen molar-refractivity contribution in [1.82, 2.24) is 20.2 Å². The standard InChI is InChI=1S/C10H10Br2N4O3S/c1-19-5(2-8(17)18)4-16-10(13-14-15-16)7-3-6(11)9(12)20-7/h3,5H,2,4H2,1H3,(H,17,18). The highest BCUT2D eigenvalue weighted by molar-refractivity contribution is 9.13. The summed E-state index contributed by atoms with van der Waals surface area (Å²) in [5.41, 5.74) is 0. The van der Waals surface area contributed by atoms with Crippen LogP contribution in [0.4, 0.5) is 0 Å². The number of nitrogens with zero attached hydrogens (tertiary/aromatic N) is 4. The third-order valence-corrected chi connectivity index (χ3v) is 5.76. The van der Waals surface area contributed by atoms with Crippen LogP contribution < -0.4 is 0 Å². The Kier molecular flexibility index (Phi) is 5.24. The van der Waals surface area contributed by atoms with E-state index in [9.17, 15) is 4.79 Å². The summed E-state index contributed by atoms with van der Waals surface area (Å²) in [6, 6.07) is 1.90. The lowest BCUT2D eigenvalue weighted by atomic mass is 10.2. The van der Waals surface area contributed by atoms with Gasteiger partial charge in [-0.3, -0.25) is 4.79 Å². The molecule has 0 aliphatic heterocycles. The van der Waals surface area contributed by atoms with Gasteiger partial charge in [0.1, 0.15) is 0 Å². The zero-order valence-corrected chi connectivity index (χ0v) is 14.3. The molecule has 20 heavy (non-hydrogen) atoms. The topological polar surface area (TPSA) is 90.1 Å². The molecule has 0 fully saturated rings. The fraction of sp³-hybridized carbons (Fsp3) is 0.400. The van der Waals surface area contributed by atoms with Crippen molar-refractivity contribution < 1.29 is 14.6 Å². The molecule has 1 N–H and O–H groups in total. The number of rotatable bonds is 6. The summed E-state index contributed by atoms with van der Waals surface area (Å²) in [5.74, 6) is -0.345. The van der Waals surface area contributed by atoms with Gasteiger partial charge in [0.15, 0.2) is 5.82 Å². The second-order valence-electron chi connectivity index (χ2n) is 3.87. The SMILES string of the molecule is COC(CC(=O)O)Cn1nnnc1-c1cc(Br)c(Br)s1. The Morgan fingerprint density at radius 2 is 2.35 bits per heavy atom. The summed E-state index contributed by atoms with van der Waals surface area (Å²) in [4.78, 5) is 11.6. The van der Waals surface area contributed by atoms with Gasteiger partial charge in [-0.25, -0.2) is 4.68 Å². The lowest BCUT2D eigenvalue weighted by molar-refractivity contribution is -0.139. The van der Waals surface area contributed by atoms with Gasteiger partial charge in [-0.1, -0.05) is 0 Å². The maximum atomic E-state index is 10.7. The number of ether oxygens (including phenoxy) is 1. The molecule has 0 aromatic carbocycles. The van der Waals surface area contributed by atoms with E-state index in [2.05, 4.69) is 47.4 Å². The number of methoxy groups -OCH3 is 1. The van der Waals surface area contributed by atoms with Crippen LogP contribution in [0.3, 0.4) is 0 Å². The van der Waals surface area contributed by atoms with E-state index in [1.54, 1.807) is 4.68 Å². The molecule has 0 aliphatic carbocycles. The molecular formula is C10H10Br2N4O3S. The number of carbonyl (C=O) groups is 1. The van der Waals surface area contributed by atoms with Crippen LogP contribution in [0.25, 0.3) is 10.7 Å². The monoisotopic (exact) mass is 424 g/mol. The summed E-state index contributed by atoms with van der Waals surface area (Å²) in [6.45, 7) is 0.276. The Morgan fingerprint density at radius 3 is 2.90 bits per heavy atom. The fourth-order valence-electron chi connectivity index (χ4n) is 1.57. The molecule has 0 amide bonds.